The van der Waals surface area contributed by atoms with Crippen molar-refractivity contribution in [1.82, 2.24) is 49.0 Å². The Kier molecular flexibility index (Phi) is 12.9. The summed E-state index contributed by atoms with van der Waals surface area (Å²) >= 11 is 0. The molecule has 1 aliphatic carbocycles. The number of fused-ring (bicyclic) bond motifs is 2. The zero-order valence-electron chi connectivity index (χ0n) is 34.7. The fourth-order valence-electron chi connectivity index (χ4n) is 9.11. The van der Waals surface area contributed by atoms with Crippen molar-refractivity contribution in [2.24, 2.45) is 13.0 Å². The van der Waals surface area contributed by atoms with Gasteiger partial charge in [0, 0.05) is 78.3 Å². The van der Waals surface area contributed by atoms with E-state index in [9.17, 15) is 28.0 Å². The van der Waals surface area contributed by atoms with Gasteiger partial charge in [0.05, 0.1) is 29.0 Å². The minimum atomic E-state index is -2.86. The van der Waals surface area contributed by atoms with Gasteiger partial charge < -0.3 is 25.2 Å². The molecule has 4 aromatic heterocycles. The van der Waals surface area contributed by atoms with Gasteiger partial charge in [0.2, 0.25) is 11.8 Å². The topological polar surface area (TPSA) is 178 Å². The van der Waals surface area contributed by atoms with Crippen LogP contribution in [0.1, 0.15) is 91.5 Å². The van der Waals surface area contributed by atoms with Gasteiger partial charge in [-0.3, -0.25) is 33.5 Å². The van der Waals surface area contributed by atoms with E-state index >= 15 is 0 Å². The van der Waals surface area contributed by atoms with Gasteiger partial charge in [-0.2, -0.15) is 10.2 Å². The molecule has 5 aromatic rings. The lowest BCUT2D eigenvalue weighted by Crippen LogP contribution is -2.44. The lowest BCUT2D eigenvalue weighted by Gasteiger charge is -2.31. The maximum atomic E-state index is 14.2. The molecular weight excluding hydrogens is 791 g/mol. The number of imide groups is 1. The number of ether oxygens (including phenoxy) is 1. The third-order valence-electron chi connectivity index (χ3n) is 12.3. The molecule has 0 bridgehead atoms. The van der Waals surface area contributed by atoms with Crippen molar-refractivity contribution in [3.05, 3.63) is 70.2 Å². The number of halogens is 2. The number of rotatable bonds is 16. The molecule has 0 radical (unpaired) electrons. The van der Waals surface area contributed by atoms with E-state index in [1.807, 2.05) is 24.3 Å². The monoisotopic (exact) mass is 844 g/mol. The lowest BCUT2D eigenvalue weighted by molar-refractivity contribution is -0.135. The van der Waals surface area contributed by atoms with Gasteiger partial charge in [-0.25, -0.2) is 23.1 Å². The molecule has 17 nitrogen and oxygen atoms in total. The predicted octanol–water partition coefficient (Wildman–Crippen LogP) is 3.86. The van der Waals surface area contributed by atoms with Crippen LogP contribution in [0.4, 0.5) is 20.3 Å². The van der Waals surface area contributed by atoms with Crippen LogP contribution in [-0.4, -0.2) is 116 Å². The molecule has 3 amide bonds. The Hall–Kier alpha value is -5.53. The summed E-state index contributed by atoms with van der Waals surface area (Å²) in [5.74, 6) is -0.123. The predicted molar refractivity (Wildman–Crippen MR) is 224 cm³/mol. The number of nitrogens with one attached hydrogen (secondary N) is 3. The molecule has 8 rings (SSSR count). The molecule has 1 atom stereocenters. The van der Waals surface area contributed by atoms with E-state index < -0.39 is 30.0 Å². The highest BCUT2D eigenvalue weighted by molar-refractivity contribution is 6.08. The number of hydrogen-bond donors (Lipinski definition) is 3. The number of amides is 3. The van der Waals surface area contributed by atoms with Crippen LogP contribution in [0.25, 0.3) is 16.7 Å². The Morgan fingerprint density at radius 1 is 1.05 bits per heavy atom. The van der Waals surface area contributed by atoms with Crippen LogP contribution in [0.2, 0.25) is 0 Å². The summed E-state index contributed by atoms with van der Waals surface area (Å²) in [4.78, 5) is 60.1. The molecular formula is C42H54F2N12O5. The molecule has 6 heterocycles. The lowest BCUT2D eigenvalue weighted by atomic mass is 9.86. The number of carbonyl (C=O) groups excluding carboxylic acids is 3. The van der Waals surface area contributed by atoms with Crippen molar-refractivity contribution in [2.75, 3.05) is 69.7 Å². The van der Waals surface area contributed by atoms with Crippen LogP contribution in [0.5, 0.6) is 0 Å². The molecule has 326 valence electrons. The fourth-order valence-corrected chi connectivity index (χ4v) is 9.11. The average Bonchev–Trinajstić information content (AvgIpc) is 3.95. The van der Waals surface area contributed by atoms with Crippen molar-refractivity contribution in [3.63, 3.8) is 0 Å². The number of piperazine rings is 1. The number of alkyl halides is 2. The van der Waals surface area contributed by atoms with Crippen molar-refractivity contribution < 1.29 is 27.9 Å². The summed E-state index contributed by atoms with van der Waals surface area (Å²) in [6, 6.07) is 6.84. The van der Waals surface area contributed by atoms with E-state index in [0.29, 0.717) is 43.1 Å². The number of piperidine rings is 1. The van der Waals surface area contributed by atoms with Gasteiger partial charge >= 0.3 is 5.69 Å². The summed E-state index contributed by atoms with van der Waals surface area (Å²) in [6.07, 6.45) is 8.17. The van der Waals surface area contributed by atoms with Crippen LogP contribution < -0.4 is 26.5 Å². The molecule has 3 aliphatic rings. The molecule has 2 aliphatic heterocycles. The zero-order chi connectivity index (χ0) is 42.6. The highest BCUT2D eigenvalue weighted by Crippen LogP contribution is 2.35. The fraction of sp³-hybridized carbons (Fsp3) is 0.548. The third-order valence-corrected chi connectivity index (χ3v) is 12.3. The van der Waals surface area contributed by atoms with Crippen LogP contribution in [-0.2, 0) is 27.8 Å². The summed E-state index contributed by atoms with van der Waals surface area (Å²) in [5.41, 5.74) is 2.31. The van der Waals surface area contributed by atoms with E-state index in [1.165, 1.54) is 21.5 Å². The Labute approximate surface area is 351 Å². The third kappa shape index (κ3) is 9.23. The first-order valence-electron chi connectivity index (χ1n) is 21.3. The normalized spacial score (nSPS) is 20.0. The summed E-state index contributed by atoms with van der Waals surface area (Å²) in [7, 11) is 3.83. The second-order valence-corrected chi connectivity index (χ2v) is 16.5. The molecule has 3 fully saturated rings. The van der Waals surface area contributed by atoms with E-state index in [4.69, 9.17) is 4.74 Å². The maximum Gasteiger partial charge on any atom is 0.329 e. The van der Waals surface area contributed by atoms with Crippen molar-refractivity contribution in [1.29, 1.82) is 0 Å². The van der Waals surface area contributed by atoms with Gasteiger partial charge in [-0.05, 0) is 82.0 Å². The van der Waals surface area contributed by atoms with E-state index in [0.717, 1.165) is 94.7 Å². The van der Waals surface area contributed by atoms with Gasteiger partial charge in [0.15, 0.2) is 11.3 Å². The smallest absolute Gasteiger partial charge is 0.329 e. The minimum Gasteiger partial charge on any atom is -0.381 e. The first kappa shape index (κ1) is 42.2. The van der Waals surface area contributed by atoms with Gasteiger partial charge in [0.1, 0.15) is 17.4 Å². The second kappa shape index (κ2) is 18.6. The molecule has 1 unspecified atom stereocenters. The Morgan fingerprint density at radius 3 is 2.61 bits per heavy atom. The number of imidazole rings is 1. The molecule has 61 heavy (non-hydrogen) atoms. The van der Waals surface area contributed by atoms with Gasteiger partial charge in [-0.15, -0.1) is 0 Å². The highest BCUT2D eigenvalue weighted by atomic mass is 19.3. The number of benzene rings is 1. The Balaban J connectivity index is 0.768. The number of aryl methyl sites for hydroxylation is 2. The number of nitrogens with zero attached hydrogens (tertiary/aromatic N) is 9. The second-order valence-electron chi connectivity index (χ2n) is 16.5. The summed E-state index contributed by atoms with van der Waals surface area (Å²) in [6.45, 7) is 6.26. The number of hydrogen-bond acceptors (Lipinski definition) is 11. The summed E-state index contributed by atoms with van der Waals surface area (Å²) in [5, 5.41) is 16.9. The van der Waals surface area contributed by atoms with Crippen LogP contribution in [0, 0.1) is 5.92 Å². The molecule has 1 aromatic carbocycles. The Bertz CT molecular complexity index is 2430. The standard InChI is InChI=1S/C42H54F2N12O5/c1-51(18-5-23-61-22-4-7-28-6-3-8-32-37(28)52(2)42(60)56(32)33-13-14-35(57)49-41(33)59)25-27-9-11-29(12-10-27)55-26-31(36(50-55)38(43)44)47-40(58)30-24-46-54-19-15-34(48-39(30)54)53-20-16-45-17-21-53/h3,6,8,15,19,24,26-27,29,33,38,45H,4-5,7,9-14,16-18,20-23,25H2,1-2H3,(H,47,58)(H,49,57,59)/t27-,29-,33?. The van der Waals surface area contributed by atoms with Gasteiger partial charge in [0.25, 0.3) is 12.3 Å². The highest BCUT2D eigenvalue weighted by Gasteiger charge is 2.32. The van der Waals surface area contributed by atoms with Crippen molar-refractivity contribution in [3.8, 4) is 0 Å². The van der Waals surface area contributed by atoms with E-state index in [-0.39, 0.29) is 35.3 Å². The van der Waals surface area contributed by atoms with Crippen LogP contribution in [0.15, 0.2) is 47.7 Å². The van der Waals surface area contributed by atoms with Crippen molar-refractivity contribution >= 4 is 45.9 Å². The summed E-state index contributed by atoms with van der Waals surface area (Å²) < 4.78 is 40.6. The zero-order valence-corrected chi connectivity index (χ0v) is 34.7. The van der Waals surface area contributed by atoms with Gasteiger partial charge in [-0.1, -0.05) is 12.1 Å². The van der Waals surface area contributed by atoms with Crippen LogP contribution >= 0.6 is 0 Å². The largest absolute Gasteiger partial charge is 0.381 e. The van der Waals surface area contributed by atoms with E-state index in [2.05, 4.69) is 48.0 Å². The Morgan fingerprint density at radius 2 is 1.84 bits per heavy atom. The average molecular weight is 845 g/mol. The molecule has 3 N–H and O–H groups in total. The number of carbonyl (C=O) groups is 3. The number of aromatic nitrogens is 7. The molecule has 2 saturated heterocycles. The quantitative estimate of drug-likeness (QED) is 0.0971. The molecule has 19 heteroatoms. The SMILES string of the molecule is CN(CCCOCCCc1cccc2c1n(C)c(=O)n2C1CCC(=O)NC1=O)C[C@H]1CC[C@H](n2cc(NC(=O)c3cnn4ccc(N5CCNCC5)nc34)c(C(F)F)n2)CC1. The maximum absolute atomic E-state index is 14.2. The first-order chi connectivity index (χ1) is 29.5. The number of para-hydroxylation sites is 1. The first-order valence-corrected chi connectivity index (χ1v) is 21.3. The number of anilines is 2. The van der Waals surface area contributed by atoms with Crippen LogP contribution in [0.3, 0.4) is 0 Å². The minimum absolute atomic E-state index is 0.00674. The van der Waals surface area contributed by atoms with Crippen molar-refractivity contribution in [2.45, 2.75) is 76.3 Å². The van der Waals surface area contributed by atoms with E-state index in [1.54, 1.807) is 22.5 Å². The molecule has 0 spiro atoms. The molecule has 1 saturated carbocycles.